The number of anilines is 2. The Morgan fingerprint density at radius 3 is 2.46 bits per heavy atom. The summed E-state index contributed by atoms with van der Waals surface area (Å²) in [5.74, 6) is 0.0657. The molecule has 1 aliphatic rings. The van der Waals surface area contributed by atoms with Crippen molar-refractivity contribution in [3.05, 3.63) is 89.0 Å². The Labute approximate surface area is 274 Å². The van der Waals surface area contributed by atoms with E-state index in [1.54, 1.807) is 19.4 Å². The zero-order valence-electron chi connectivity index (χ0n) is 28.0. The average molecular weight is 628 g/mol. The lowest BCUT2D eigenvalue weighted by atomic mass is 10.1. The molecule has 3 aromatic rings. The highest BCUT2D eigenvalue weighted by molar-refractivity contribution is 6.09. The van der Waals surface area contributed by atoms with Crippen LogP contribution in [0, 0.1) is 0 Å². The molecule has 0 atom stereocenters. The minimum Gasteiger partial charge on any atom is -0.497 e. The summed E-state index contributed by atoms with van der Waals surface area (Å²) in [6, 6.07) is 20.7. The van der Waals surface area contributed by atoms with E-state index in [0.29, 0.717) is 16.8 Å². The van der Waals surface area contributed by atoms with Crippen molar-refractivity contribution >= 4 is 29.4 Å². The number of rotatable bonds is 14. The molecule has 1 heterocycles. The quantitative estimate of drug-likeness (QED) is 0.199. The highest BCUT2D eigenvalue weighted by Gasteiger charge is 2.19. The van der Waals surface area contributed by atoms with Gasteiger partial charge in [0.05, 0.1) is 24.6 Å². The molecule has 1 saturated heterocycles. The number of hydrogen-bond donors (Lipinski definition) is 2. The molecule has 2 N–H and O–H groups in total. The molecule has 0 spiro atoms. The van der Waals surface area contributed by atoms with Crippen LogP contribution in [-0.4, -0.2) is 106 Å². The van der Waals surface area contributed by atoms with Crippen LogP contribution in [0.15, 0.2) is 71.8 Å². The number of nitrogens with one attached hydrogen (secondary N) is 2. The molecule has 0 unspecified atom stereocenters. The number of benzene rings is 3. The molecule has 2 amide bonds. The van der Waals surface area contributed by atoms with Gasteiger partial charge in [-0.3, -0.25) is 9.59 Å². The summed E-state index contributed by atoms with van der Waals surface area (Å²) >= 11 is 0. The maximum Gasteiger partial charge on any atom is 0.273 e. The molecule has 246 valence electrons. The summed E-state index contributed by atoms with van der Waals surface area (Å²) in [6.45, 7) is 12.8. The van der Waals surface area contributed by atoms with Crippen molar-refractivity contribution in [1.29, 1.82) is 0 Å². The van der Waals surface area contributed by atoms with E-state index in [9.17, 15) is 9.59 Å². The molecule has 0 aromatic heterocycles. The molecule has 4 rings (SSSR count). The van der Waals surface area contributed by atoms with Crippen molar-refractivity contribution in [1.82, 2.24) is 20.1 Å². The molecule has 0 bridgehead atoms. The number of nitrogens with zero attached hydrogens (tertiary/aromatic N) is 5. The lowest BCUT2D eigenvalue weighted by molar-refractivity contribution is 0.0956. The first-order valence-corrected chi connectivity index (χ1v) is 16.2. The van der Waals surface area contributed by atoms with Crippen molar-refractivity contribution in [3.8, 4) is 5.75 Å². The number of ether oxygens (including phenoxy) is 1. The predicted molar refractivity (Wildman–Crippen MR) is 187 cm³/mol. The van der Waals surface area contributed by atoms with Crippen LogP contribution in [0.3, 0.4) is 0 Å². The Kier molecular flexibility index (Phi) is 13.1. The molecule has 0 aliphatic carbocycles. The van der Waals surface area contributed by atoms with E-state index in [-0.39, 0.29) is 5.91 Å². The highest BCUT2D eigenvalue weighted by Crippen LogP contribution is 2.25. The van der Waals surface area contributed by atoms with Crippen LogP contribution in [-0.2, 0) is 6.54 Å². The minimum absolute atomic E-state index is 0.271. The van der Waals surface area contributed by atoms with Crippen molar-refractivity contribution in [2.45, 2.75) is 26.8 Å². The molecule has 0 radical (unpaired) electrons. The molecule has 1 aliphatic heterocycles. The van der Waals surface area contributed by atoms with Crippen LogP contribution < -0.4 is 20.4 Å². The monoisotopic (exact) mass is 627 g/mol. The second kappa shape index (κ2) is 17.4. The van der Waals surface area contributed by atoms with E-state index in [4.69, 9.17) is 4.74 Å². The van der Waals surface area contributed by atoms with Crippen LogP contribution in [0.4, 0.5) is 11.4 Å². The lowest BCUT2D eigenvalue weighted by Crippen LogP contribution is -2.32. The van der Waals surface area contributed by atoms with Gasteiger partial charge in [-0.2, -0.15) is 5.10 Å². The fourth-order valence-corrected chi connectivity index (χ4v) is 5.49. The van der Waals surface area contributed by atoms with E-state index in [1.807, 2.05) is 60.7 Å². The Balaban J connectivity index is 1.51. The van der Waals surface area contributed by atoms with Gasteiger partial charge in [0.25, 0.3) is 11.8 Å². The fraction of sp³-hybridized carbons (Fsp3) is 0.417. The number of carbonyl (C=O) groups is 2. The van der Waals surface area contributed by atoms with Crippen LogP contribution in [0.2, 0.25) is 0 Å². The lowest BCUT2D eigenvalue weighted by Gasteiger charge is -2.24. The molecule has 0 saturated carbocycles. The first kappa shape index (κ1) is 34.6. The van der Waals surface area contributed by atoms with E-state index in [2.05, 4.69) is 63.4 Å². The zero-order chi connectivity index (χ0) is 32.9. The Morgan fingerprint density at radius 1 is 0.935 bits per heavy atom. The van der Waals surface area contributed by atoms with Gasteiger partial charge in [-0.1, -0.05) is 26.0 Å². The van der Waals surface area contributed by atoms with E-state index in [0.717, 1.165) is 87.9 Å². The molecular formula is C36H49N7O3. The highest BCUT2D eigenvalue weighted by atomic mass is 16.5. The van der Waals surface area contributed by atoms with Gasteiger partial charge in [0.2, 0.25) is 0 Å². The zero-order valence-corrected chi connectivity index (χ0v) is 28.0. The minimum atomic E-state index is -0.405. The SMILES string of the molecule is CCN(CC)CCN(C)Cc1cccc(C(=O)Nc2ccc(N3CCCN(C)CC3)cc2C(=O)N/N=C/c2ccc(OC)cc2)c1. The maximum atomic E-state index is 13.5. The largest absolute Gasteiger partial charge is 0.497 e. The van der Waals surface area contributed by atoms with Crippen molar-refractivity contribution in [2.24, 2.45) is 5.10 Å². The third kappa shape index (κ3) is 10.1. The van der Waals surface area contributed by atoms with Gasteiger partial charge < -0.3 is 29.7 Å². The number of hydrazone groups is 1. The molecule has 10 heteroatoms. The summed E-state index contributed by atoms with van der Waals surface area (Å²) in [7, 11) is 5.84. The molecule has 3 aromatic carbocycles. The van der Waals surface area contributed by atoms with Crippen molar-refractivity contribution in [3.63, 3.8) is 0 Å². The van der Waals surface area contributed by atoms with Gasteiger partial charge in [-0.25, -0.2) is 5.43 Å². The number of carbonyl (C=O) groups excluding carboxylic acids is 2. The summed E-state index contributed by atoms with van der Waals surface area (Å²) in [6.07, 6.45) is 2.61. The van der Waals surface area contributed by atoms with E-state index >= 15 is 0 Å². The summed E-state index contributed by atoms with van der Waals surface area (Å²) < 4.78 is 5.21. The first-order valence-electron chi connectivity index (χ1n) is 16.2. The first-order chi connectivity index (χ1) is 22.3. The van der Waals surface area contributed by atoms with Gasteiger partial charge in [-0.15, -0.1) is 0 Å². The van der Waals surface area contributed by atoms with Crippen LogP contribution in [0.25, 0.3) is 0 Å². The second-order valence-electron chi connectivity index (χ2n) is 11.8. The predicted octanol–water partition coefficient (Wildman–Crippen LogP) is 4.63. The normalized spacial score (nSPS) is 14.1. The number of hydrogen-bond acceptors (Lipinski definition) is 8. The van der Waals surface area contributed by atoms with Crippen LogP contribution in [0.5, 0.6) is 5.75 Å². The van der Waals surface area contributed by atoms with Gasteiger partial charge >= 0.3 is 0 Å². The van der Waals surface area contributed by atoms with E-state index in [1.165, 1.54) is 0 Å². The number of methoxy groups -OCH3 is 1. The van der Waals surface area contributed by atoms with E-state index < -0.39 is 5.91 Å². The van der Waals surface area contributed by atoms with Crippen molar-refractivity contribution < 1.29 is 14.3 Å². The smallest absolute Gasteiger partial charge is 0.273 e. The van der Waals surface area contributed by atoms with Crippen LogP contribution in [0.1, 0.15) is 52.1 Å². The number of likely N-dealkylation sites (N-methyl/N-ethyl adjacent to an activating group) is 3. The molecule has 46 heavy (non-hydrogen) atoms. The van der Waals surface area contributed by atoms with Crippen molar-refractivity contribution in [2.75, 3.05) is 83.8 Å². The Hall–Kier alpha value is -4.25. The van der Waals surface area contributed by atoms with Crippen LogP contribution >= 0.6 is 0 Å². The van der Waals surface area contributed by atoms with Gasteiger partial charge in [0.15, 0.2) is 0 Å². The van der Waals surface area contributed by atoms with Gasteiger partial charge in [0.1, 0.15) is 5.75 Å². The third-order valence-electron chi connectivity index (χ3n) is 8.41. The average Bonchev–Trinajstić information content (AvgIpc) is 3.30. The second-order valence-corrected chi connectivity index (χ2v) is 11.8. The summed E-state index contributed by atoms with van der Waals surface area (Å²) in [5, 5.41) is 7.19. The maximum absolute atomic E-state index is 13.5. The molecular weight excluding hydrogens is 578 g/mol. The number of amides is 2. The fourth-order valence-electron chi connectivity index (χ4n) is 5.49. The standard InChI is InChI=1S/C36H49N7O3/c1-6-42(7-2)22-20-41(4)27-29-10-8-11-30(24-29)35(44)38-34-17-14-31(43-19-9-18-40(3)21-23-43)25-33(34)36(45)39-37-26-28-12-15-32(46-5)16-13-28/h8,10-17,24-26H,6-7,9,18-23,27H2,1-5H3,(H,38,44)(H,39,45)/b37-26+. The summed E-state index contributed by atoms with van der Waals surface area (Å²) in [4.78, 5) is 36.3. The topological polar surface area (TPSA) is 92.8 Å². The Bertz CT molecular complexity index is 1460. The summed E-state index contributed by atoms with van der Waals surface area (Å²) in [5.41, 5.74) is 6.78. The third-order valence-corrected chi connectivity index (χ3v) is 8.41. The Morgan fingerprint density at radius 2 is 1.72 bits per heavy atom. The van der Waals surface area contributed by atoms with Gasteiger partial charge in [0, 0.05) is 50.5 Å². The van der Waals surface area contributed by atoms with Gasteiger partial charge in [-0.05, 0) is 106 Å². The molecule has 10 nitrogen and oxygen atoms in total. The molecule has 1 fully saturated rings.